The van der Waals surface area contributed by atoms with Crippen LogP contribution in [0.4, 0.5) is 0 Å². The van der Waals surface area contributed by atoms with Crippen LogP contribution in [0.15, 0.2) is 74.3 Å². The largest absolute Gasteiger partial charge is 0.415 e. The zero-order valence-corrected chi connectivity index (χ0v) is 28.6. The average Bonchev–Trinajstić information content (AvgIpc) is 3.34. The predicted octanol–water partition coefficient (Wildman–Crippen LogP) is 5.62. The van der Waals surface area contributed by atoms with Crippen LogP contribution >= 0.6 is 15.9 Å². The topological polar surface area (TPSA) is 107 Å². The summed E-state index contributed by atoms with van der Waals surface area (Å²) in [4.78, 5) is 32.1. The van der Waals surface area contributed by atoms with Gasteiger partial charge in [-0.2, -0.15) is 0 Å². The second-order valence-electron chi connectivity index (χ2n) is 13.4. The SMILES string of the molecule is Cc1ccc(S(=O)(=O)n2cc3c4c2C(=O)C2=C(C4=NCC3)C3(C=CC(=O)C(Br)=C3)C[C@@H](CO[Si](C)(C)C(C)(C)C)N2)cc1. The number of aryl methyl sites for hydroxylation is 1. The molecule has 4 aliphatic rings. The van der Waals surface area contributed by atoms with Gasteiger partial charge in [-0.1, -0.05) is 50.6 Å². The van der Waals surface area contributed by atoms with Crippen LogP contribution in [-0.4, -0.2) is 57.2 Å². The minimum atomic E-state index is -4.07. The quantitative estimate of drug-likeness (QED) is 0.411. The third-order valence-corrected chi connectivity index (χ3v) is 16.2. The van der Waals surface area contributed by atoms with Gasteiger partial charge >= 0.3 is 0 Å². The molecule has 2 aliphatic heterocycles. The third-order valence-electron chi connectivity index (χ3n) is 9.45. The summed E-state index contributed by atoms with van der Waals surface area (Å²) in [6.07, 6.45) is 7.93. The van der Waals surface area contributed by atoms with Gasteiger partial charge in [0.05, 0.1) is 27.4 Å². The molecule has 2 atom stereocenters. The Morgan fingerprint density at radius 2 is 1.88 bits per heavy atom. The number of ketones is 2. The van der Waals surface area contributed by atoms with Crippen molar-refractivity contribution in [1.82, 2.24) is 9.29 Å². The normalized spacial score (nSPS) is 23.6. The van der Waals surface area contributed by atoms with Crippen LogP contribution in [0.5, 0.6) is 0 Å². The van der Waals surface area contributed by atoms with Crippen molar-refractivity contribution in [2.24, 2.45) is 10.4 Å². The van der Waals surface area contributed by atoms with Crippen LogP contribution in [0.3, 0.4) is 0 Å². The lowest BCUT2D eigenvalue weighted by Gasteiger charge is -2.45. The molecular weight excluding hydrogens is 646 g/mol. The highest BCUT2D eigenvalue weighted by Crippen LogP contribution is 2.50. The van der Waals surface area contributed by atoms with Crippen LogP contribution in [-0.2, 0) is 25.7 Å². The van der Waals surface area contributed by atoms with Crippen molar-refractivity contribution in [2.75, 3.05) is 13.2 Å². The highest BCUT2D eigenvalue weighted by Gasteiger charge is 2.51. The molecule has 0 fully saturated rings. The fraction of sp³-hybridized carbons (Fsp3) is 0.406. The van der Waals surface area contributed by atoms with Crippen LogP contribution in [0, 0.1) is 12.3 Å². The Hall–Kier alpha value is -2.86. The Morgan fingerprint density at radius 1 is 1.19 bits per heavy atom. The molecule has 0 bridgehead atoms. The van der Waals surface area contributed by atoms with Crippen molar-refractivity contribution in [3.05, 3.63) is 86.8 Å². The van der Waals surface area contributed by atoms with E-state index in [0.29, 0.717) is 53.0 Å². The van der Waals surface area contributed by atoms with Gasteiger partial charge in [-0.3, -0.25) is 14.6 Å². The highest BCUT2D eigenvalue weighted by atomic mass is 79.9. The van der Waals surface area contributed by atoms with Gasteiger partial charge in [0.25, 0.3) is 10.0 Å². The van der Waals surface area contributed by atoms with Gasteiger partial charge in [0.15, 0.2) is 14.1 Å². The van der Waals surface area contributed by atoms with E-state index in [1.807, 2.05) is 19.1 Å². The Kier molecular flexibility index (Phi) is 7.08. The van der Waals surface area contributed by atoms with Crippen LogP contribution in [0.1, 0.15) is 54.4 Å². The second kappa shape index (κ2) is 10.1. The van der Waals surface area contributed by atoms with Gasteiger partial charge in [-0.05, 0) is 77.6 Å². The first kappa shape index (κ1) is 30.2. The maximum absolute atomic E-state index is 14.6. The number of hydrogen-bond acceptors (Lipinski definition) is 7. The molecule has 0 saturated carbocycles. The first-order valence-electron chi connectivity index (χ1n) is 14.5. The van der Waals surface area contributed by atoms with E-state index in [4.69, 9.17) is 9.42 Å². The first-order valence-corrected chi connectivity index (χ1v) is 19.6. The van der Waals surface area contributed by atoms with Crippen LogP contribution in [0.25, 0.3) is 0 Å². The summed E-state index contributed by atoms with van der Waals surface area (Å²) >= 11 is 3.46. The van der Waals surface area contributed by atoms with E-state index >= 15 is 0 Å². The van der Waals surface area contributed by atoms with Crippen molar-refractivity contribution in [1.29, 1.82) is 0 Å². The van der Waals surface area contributed by atoms with Crippen molar-refractivity contribution in [3.8, 4) is 0 Å². The van der Waals surface area contributed by atoms with E-state index in [9.17, 15) is 18.0 Å². The zero-order chi connectivity index (χ0) is 31.1. The van der Waals surface area contributed by atoms with Gasteiger partial charge < -0.3 is 9.74 Å². The smallest absolute Gasteiger partial charge is 0.268 e. The lowest BCUT2D eigenvalue weighted by atomic mass is 9.65. The number of nitrogens with one attached hydrogen (secondary N) is 1. The van der Waals surface area contributed by atoms with E-state index in [0.717, 1.165) is 15.1 Å². The lowest BCUT2D eigenvalue weighted by Crippen LogP contribution is -2.52. The Balaban J connectivity index is 1.51. The molecule has 1 unspecified atom stereocenters. The molecule has 0 saturated heterocycles. The minimum absolute atomic E-state index is 0.00215. The molecule has 0 amide bonds. The lowest BCUT2D eigenvalue weighted by molar-refractivity contribution is -0.110. The summed E-state index contributed by atoms with van der Waals surface area (Å²) in [5.41, 5.74) is 3.16. The van der Waals surface area contributed by atoms with Gasteiger partial charge in [-0.25, -0.2) is 12.4 Å². The maximum atomic E-state index is 14.6. The Morgan fingerprint density at radius 3 is 2.53 bits per heavy atom. The number of aliphatic imine (C=N–C) groups is 1. The molecular formula is C32H36BrN3O5SSi. The highest BCUT2D eigenvalue weighted by molar-refractivity contribution is 9.12. The number of fused-ring (bicyclic) bond motifs is 2. The number of Topliss-reactive ketones (excluding diaryl/α,β-unsaturated/α-hetero) is 1. The summed E-state index contributed by atoms with van der Waals surface area (Å²) in [7, 11) is -6.19. The summed E-state index contributed by atoms with van der Waals surface area (Å²) in [5, 5.41) is 3.46. The van der Waals surface area contributed by atoms with E-state index in [1.165, 1.54) is 0 Å². The van der Waals surface area contributed by atoms with Crippen molar-refractivity contribution < 1.29 is 22.4 Å². The summed E-state index contributed by atoms with van der Waals surface area (Å²) < 4.78 is 36.1. The number of carbonyl (C=O) groups excluding carboxylic acids is 2. The monoisotopic (exact) mass is 681 g/mol. The van der Waals surface area contributed by atoms with Crippen LogP contribution in [0.2, 0.25) is 18.1 Å². The predicted molar refractivity (Wildman–Crippen MR) is 173 cm³/mol. The molecule has 1 N–H and O–H groups in total. The number of halogens is 1. The third kappa shape index (κ3) is 4.79. The van der Waals surface area contributed by atoms with Gasteiger partial charge in [0.2, 0.25) is 5.78 Å². The van der Waals surface area contributed by atoms with Gasteiger partial charge in [0, 0.05) is 35.3 Å². The first-order chi connectivity index (χ1) is 20.1. The fourth-order valence-corrected chi connectivity index (χ4v) is 9.03. The summed E-state index contributed by atoms with van der Waals surface area (Å²) in [6.45, 7) is 13.6. The molecule has 6 rings (SSSR count). The Labute approximate surface area is 262 Å². The zero-order valence-electron chi connectivity index (χ0n) is 25.2. The number of benzene rings is 1. The Bertz CT molecular complexity index is 1810. The van der Waals surface area contributed by atoms with E-state index in [1.54, 1.807) is 36.5 Å². The second-order valence-corrected chi connectivity index (χ2v) is 20.9. The number of aromatic nitrogens is 1. The number of rotatable bonds is 5. The molecule has 0 radical (unpaired) electrons. The minimum Gasteiger partial charge on any atom is -0.415 e. The molecule has 1 spiro atoms. The van der Waals surface area contributed by atoms with Gasteiger partial charge in [0.1, 0.15) is 5.69 Å². The summed E-state index contributed by atoms with van der Waals surface area (Å²) in [5.74, 6) is -0.552. The molecule has 43 heavy (non-hydrogen) atoms. The fourth-order valence-electron chi connectivity index (χ4n) is 6.05. The molecule has 1 aromatic carbocycles. The molecule has 8 nitrogen and oxygen atoms in total. The molecule has 3 heterocycles. The van der Waals surface area contributed by atoms with Crippen molar-refractivity contribution in [2.45, 2.75) is 69.6 Å². The number of carbonyl (C=O) groups is 2. The molecule has 1 aromatic heterocycles. The summed E-state index contributed by atoms with van der Waals surface area (Å²) in [6, 6.07) is 6.36. The average molecular weight is 683 g/mol. The number of hydrogen-bond donors (Lipinski definition) is 1. The van der Waals surface area contributed by atoms with Crippen molar-refractivity contribution >= 4 is 51.5 Å². The molecule has 226 valence electrons. The maximum Gasteiger partial charge on any atom is 0.268 e. The van der Waals surface area contributed by atoms with E-state index in [-0.39, 0.29) is 27.5 Å². The van der Waals surface area contributed by atoms with Gasteiger partial charge in [-0.15, -0.1) is 0 Å². The standard InChI is InChI=1S/C32H36BrN3O5SSi/c1-19-7-9-22(10-8-19)42(39,40)36-17-20-12-14-34-27-25(20)29(36)30(38)28-26(27)32(13-11-24(37)23(33)16-32)15-21(35-28)18-41-43(5,6)31(2,3)4/h7-11,13,16-17,21,35H,12,14-15,18H2,1-6H3/t21-,32?/m0/s1. The number of nitrogens with zero attached hydrogens (tertiary/aromatic N) is 2. The van der Waals surface area contributed by atoms with E-state index in [2.05, 4.69) is 55.1 Å². The van der Waals surface area contributed by atoms with Crippen LogP contribution < -0.4 is 5.32 Å². The van der Waals surface area contributed by atoms with Crippen molar-refractivity contribution in [3.63, 3.8) is 0 Å². The molecule has 2 aromatic rings. The van der Waals surface area contributed by atoms with E-state index < -0.39 is 29.5 Å². The molecule has 11 heteroatoms. The number of allylic oxidation sites excluding steroid dienone is 6. The molecule has 2 aliphatic carbocycles.